The van der Waals surface area contributed by atoms with Crippen molar-refractivity contribution in [1.29, 1.82) is 0 Å². The molecule has 0 aliphatic heterocycles. The van der Waals surface area contributed by atoms with Gasteiger partial charge in [0.2, 0.25) is 0 Å². The largest absolute Gasteiger partial charge is 0.478 e. The highest BCUT2D eigenvalue weighted by Crippen LogP contribution is 2.31. The number of benzene rings is 1. The van der Waals surface area contributed by atoms with Crippen molar-refractivity contribution in [2.45, 2.75) is 39.7 Å². The van der Waals surface area contributed by atoms with Crippen LogP contribution in [0.3, 0.4) is 0 Å². The van der Waals surface area contributed by atoms with Crippen LogP contribution in [-0.2, 0) is 13.0 Å². The van der Waals surface area contributed by atoms with Crippen molar-refractivity contribution in [3.05, 3.63) is 34.5 Å². The van der Waals surface area contributed by atoms with Gasteiger partial charge < -0.3 is 20.5 Å². The SMILES string of the molecule is Cc1cc(C(=O)O)c2c(c1)c(CCCO)c(C)n2CCCN. The van der Waals surface area contributed by atoms with Crippen LogP contribution in [0.15, 0.2) is 12.1 Å². The second kappa shape index (κ2) is 6.94. The van der Waals surface area contributed by atoms with Crippen LogP contribution in [0.25, 0.3) is 10.9 Å². The molecular formula is C17H24N2O3. The zero-order chi connectivity index (χ0) is 16.3. The van der Waals surface area contributed by atoms with E-state index in [2.05, 4.69) is 4.57 Å². The molecule has 0 unspecified atom stereocenters. The third kappa shape index (κ3) is 3.00. The maximum atomic E-state index is 11.6. The number of rotatable bonds is 7. The van der Waals surface area contributed by atoms with E-state index in [9.17, 15) is 9.90 Å². The molecule has 5 nitrogen and oxygen atoms in total. The van der Waals surface area contributed by atoms with Crippen LogP contribution in [0.1, 0.15) is 40.0 Å². The van der Waals surface area contributed by atoms with Gasteiger partial charge in [0, 0.05) is 24.2 Å². The number of nitrogens with zero attached hydrogens (tertiary/aromatic N) is 1. The smallest absolute Gasteiger partial charge is 0.337 e. The molecule has 2 rings (SSSR count). The number of carboxylic acid groups (broad SMARTS) is 1. The third-order valence-electron chi connectivity index (χ3n) is 4.09. The van der Waals surface area contributed by atoms with Crippen molar-refractivity contribution >= 4 is 16.9 Å². The first-order valence-corrected chi connectivity index (χ1v) is 7.67. The highest BCUT2D eigenvalue weighted by atomic mass is 16.4. The topological polar surface area (TPSA) is 88.5 Å². The Morgan fingerprint density at radius 3 is 2.59 bits per heavy atom. The minimum absolute atomic E-state index is 0.131. The van der Waals surface area contributed by atoms with E-state index in [1.807, 2.05) is 19.9 Å². The zero-order valence-electron chi connectivity index (χ0n) is 13.2. The van der Waals surface area contributed by atoms with Gasteiger partial charge in [0.1, 0.15) is 0 Å². The van der Waals surface area contributed by atoms with E-state index in [-0.39, 0.29) is 6.61 Å². The van der Waals surface area contributed by atoms with E-state index in [0.717, 1.165) is 40.6 Å². The number of carbonyl (C=O) groups is 1. The third-order valence-corrected chi connectivity index (χ3v) is 4.09. The van der Waals surface area contributed by atoms with Crippen LogP contribution in [0.2, 0.25) is 0 Å². The molecule has 0 atom stereocenters. The van der Waals surface area contributed by atoms with Crippen molar-refractivity contribution in [3.63, 3.8) is 0 Å². The molecule has 5 heteroatoms. The van der Waals surface area contributed by atoms with Gasteiger partial charge in [-0.3, -0.25) is 0 Å². The lowest BCUT2D eigenvalue weighted by atomic mass is 10.0. The van der Waals surface area contributed by atoms with Gasteiger partial charge in [-0.2, -0.15) is 0 Å². The quantitative estimate of drug-likeness (QED) is 0.732. The molecule has 0 saturated heterocycles. The van der Waals surface area contributed by atoms with Gasteiger partial charge in [0.05, 0.1) is 11.1 Å². The van der Waals surface area contributed by atoms with E-state index >= 15 is 0 Å². The number of aromatic nitrogens is 1. The monoisotopic (exact) mass is 304 g/mol. The maximum Gasteiger partial charge on any atom is 0.337 e. The van der Waals surface area contributed by atoms with Gasteiger partial charge in [-0.1, -0.05) is 0 Å². The number of aromatic carboxylic acids is 1. The molecule has 120 valence electrons. The number of fused-ring (bicyclic) bond motifs is 1. The molecule has 0 radical (unpaired) electrons. The minimum Gasteiger partial charge on any atom is -0.478 e. The van der Waals surface area contributed by atoms with Gasteiger partial charge in [0.25, 0.3) is 0 Å². The summed E-state index contributed by atoms with van der Waals surface area (Å²) in [5.74, 6) is -0.908. The maximum absolute atomic E-state index is 11.6. The summed E-state index contributed by atoms with van der Waals surface area (Å²) in [6.45, 7) is 5.34. The molecule has 0 aliphatic rings. The summed E-state index contributed by atoms with van der Waals surface area (Å²) in [5, 5.41) is 19.7. The van der Waals surface area contributed by atoms with Gasteiger partial charge in [-0.05, 0) is 62.9 Å². The number of hydrogen-bond acceptors (Lipinski definition) is 3. The Morgan fingerprint density at radius 2 is 2.00 bits per heavy atom. The molecule has 0 aliphatic carbocycles. The number of aliphatic hydroxyl groups is 1. The number of aliphatic hydroxyl groups excluding tert-OH is 1. The summed E-state index contributed by atoms with van der Waals surface area (Å²) in [6, 6.07) is 3.76. The fourth-order valence-corrected chi connectivity index (χ4v) is 3.09. The lowest BCUT2D eigenvalue weighted by Crippen LogP contribution is -2.09. The van der Waals surface area contributed by atoms with Crippen molar-refractivity contribution in [2.24, 2.45) is 5.73 Å². The Morgan fingerprint density at radius 1 is 1.27 bits per heavy atom. The molecule has 2 aromatic rings. The number of aryl methyl sites for hydroxylation is 3. The van der Waals surface area contributed by atoms with Crippen molar-refractivity contribution in [3.8, 4) is 0 Å². The van der Waals surface area contributed by atoms with E-state index in [1.54, 1.807) is 6.07 Å². The summed E-state index contributed by atoms with van der Waals surface area (Å²) < 4.78 is 2.07. The molecule has 0 spiro atoms. The first kappa shape index (κ1) is 16.5. The van der Waals surface area contributed by atoms with Gasteiger partial charge in [0.15, 0.2) is 0 Å². The zero-order valence-corrected chi connectivity index (χ0v) is 13.2. The lowest BCUT2D eigenvalue weighted by Gasteiger charge is -2.10. The van der Waals surface area contributed by atoms with Gasteiger partial charge in [-0.25, -0.2) is 4.79 Å². The fourth-order valence-electron chi connectivity index (χ4n) is 3.09. The Labute approximate surface area is 130 Å². The number of nitrogens with two attached hydrogens (primary N) is 1. The number of carboxylic acids is 1. The van der Waals surface area contributed by atoms with Crippen LogP contribution in [0.5, 0.6) is 0 Å². The Hall–Kier alpha value is -1.85. The molecule has 1 heterocycles. The molecule has 0 fully saturated rings. The van der Waals surface area contributed by atoms with E-state index in [1.165, 1.54) is 0 Å². The summed E-state index contributed by atoms with van der Waals surface area (Å²) in [4.78, 5) is 11.6. The Kier molecular flexibility index (Phi) is 5.21. The highest BCUT2D eigenvalue weighted by Gasteiger charge is 2.20. The Bertz CT molecular complexity index is 689. The van der Waals surface area contributed by atoms with Gasteiger partial charge >= 0.3 is 5.97 Å². The molecule has 0 bridgehead atoms. The molecular weight excluding hydrogens is 280 g/mol. The standard InChI is InChI=1S/C17H24N2O3/c1-11-9-14-13(5-3-8-20)12(2)19(7-4-6-18)16(14)15(10-11)17(21)22/h9-10,20H,3-8,18H2,1-2H3,(H,21,22). The molecule has 22 heavy (non-hydrogen) atoms. The molecule has 1 aromatic carbocycles. The fraction of sp³-hybridized carbons (Fsp3) is 0.471. The second-order valence-electron chi connectivity index (χ2n) is 5.70. The lowest BCUT2D eigenvalue weighted by molar-refractivity contribution is 0.0698. The van der Waals surface area contributed by atoms with Crippen LogP contribution in [0.4, 0.5) is 0 Å². The molecule has 4 N–H and O–H groups in total. The summed E-state index contributed by atoms with van der Waals surface area (Å²) in [5.41, 5.74) is 9.87. The van der Waals surface area contributed by atoms with Crippen LogP contribution in [-0.4, -0.2) is 33.9 Å². The van der Waals surface area contributed by atoms with Crippen LogP contribution < -0.4 is 5.73 Å². The van der Waals surface area contributed by atoms with Crippen molar-refractivity contribution < 1.29 is 15.0 Å². The first-order chi connectivity index (χ1) is 10.5. The summed E-state index contributed by atoms with van der Waals surface area (Å²) in [7, 11) is 0. The first-order valence-electron chi connectivity index (χ1n) is 7.67. The van der Waals surface area contributed by atoms with E-state index in [0.29, 0.717) is 25.1 Å². The molecule has 0 amide bonds. The van der Waals surface area contributed by atoms with Crippen LogP contribution >= 0.6 is 0 Å². The predicted octanol–water partition coefficient (Wildman–Crippen LogP) is 2.23. The normalized spacial score (nSPS) is 11.3. The van der Waals surface area contributed by atoms with E-state index < -0.39 is 5.97 Å². The van der Waals surface area contributed by atoms with Crippen LogP contribution in [0, 0.1) is 13.8 Å². The van der Waals surface area contributed by atoms with Crippen molar-refractivity contribution in [1.82, 2.24) is 4.57 Å². The average molecular weight is 304 g/mol. The molecule has 1 aromatic heterocycles. The van der Waals surface area contributed by atoms with Crippen molar-refractivity contribution in [2.75, 3.05) is 13.2 Å². The summed E-state index contributed by atoms with van der Waals surface area (Å²) in [6.07, 6.45) is 2.22. The van der Waals surface area contributed by atoms with E-state index in [4.69, 9.17) is 10.8 Å². The predicted molar refractivity (Wildman–Crippen MR) is 87.4 cm³/mol. The number of hydrogen-bond donors (Lipinski definition) is 3. The second-order valence-corrected chi connectivity index (χ2v) is 5.70. The minimum atomic E-state index is -0.908. The average Bonchev–Trinajstić information content (AvgIpc) is 2.73. The highest BCUT2D eigenvalue weighted by molar-refractivity contribution is 6.04. The molecule has 0 saturated carbocycles. The Balaban J connectivity index is 2.73. The summed E-state index contributed by atoms with van der Waals surface area (Å²) >= 11 is 0. The van der Waals surface area contributed by atoms with Gasteiger partial charge in [-0.15, -0.1) is 0 Å².